The van der Waals surface area contributed by atoms with E-state index in [0.29, 0.717) is 12.5 Å². The molecule has 3 rings (SSSR count). The van der Waals surface area contributed by atoms with Gasteiger partial charge in [-0.05, 0) is 30.9 Å². The first kappa shape index (κ1) is 16.0. The molecule has 2 aliphatic rings. The second kappa shape index (κ2) is 6.72. The molecule has 1 aromatic rings. The molecule has 1 aromatic heterocycles. The van der Waals surface area contributed by atoms with Gasteiger partial charge in [0.15, 0.2) is 9.84 Å². The molecule has 0 bridgehead atoms. The van der Waals surface area contributed by atoms with Gasteiger partial charge < -0.3 is 9.52 Å². The Morgan fingerprint density at radius 2 is 2.00 bits per heavy atom. The van der Waals surface area contributed by atoms with Crippen LogP contribution in [0, 0.1) is 5.92 Å². The van der Waals surface area contributed by atoms with E-state index >= 15 is 0 Å². The first-order chi connectivity index (χ1) is 10.5. The van der Waals surface area contributed by atoms with Crippen LogP contribution in [0.25, 0.3) is 0 Å². The lowest BCUT2D eigenvalue weighted by atomic mass is 9.88. The summed E-state index contributed by atoms with van der Waals surface area (Å²) >= 11 is 0. The van der Waals surface area contributed by atoms with E-state index < -0.39 is 15.9 Å². The molecule has 0 aromatic carbocycles. The summed E-state index contributed by atoms with van der Waals surface area (Å²) in [7, 11) is -3.13. The van der Waals surface area contributed by atoms with Crippen molar-refractivity contribution in [2.24, 2.45) is 5.92 Å². The summed E-state index contributed by atoms with van der Waals surface area (Å²) in [6, 6.07) is 3.44. The van der Waals surface area contributed by atoms with Crippen LogP contribution in [0.15, 0.2) is 22.8 Å². The first-order valence-electron chi connectivity index (χ1n) is 8.18. The molecular formula is C16H25NO4S. The van der Waals surface area contributed by atoms with Crippen LogP contribution >= 0.6 is 0 Å². The predicted molar refractivity (Wildman–Crippen MR) is 84.1 cm³/mol. The maximum atomic E-state index is 11.8. The zero-order valence-corrected chi connectivity index (χ0v) is 13.7. The Morgan fingerprint density at radius 3 is 2.59 bits per heavy atom. The van der Waals surface area contributed by atoms with Gasteiger partial charge in [-0.15, -0.1) is 0 Å². The van der Waals surface area contributed by atoms with Crippen LogP contribution in [-0.4, -0.2) is 48.6 Å². The third kappa shape index (κ3) is 3.91. The lowest BCUT2D eigenvalue weighted by molar-refractivity contribution is 0.0576. The fourth-order valence-corrected chi connectivity index (χ4v) is 5.61. The average molecular weight is 327 g/mol. The molecule has 0 radical (unpaired) electrons. The van der Waals surface area contributed by atoms with Crippen LogP contribution in [0.5, 0.6) is 0 Å². The highest BCUT2D eigenvalue weighted by molar-refractivity contribution is 7.91. The van der Waals surface area contributed by atoms with Gasteiger partial charge in [-0.1, -0.05) is 19.3 Å². The zero-order chi connectivity index (χ0) is 15.6. The largest absolute Gasteiger partial charge is 0.468 e. The van der Waals surface area contributed by atoms with E-state index in [1.165, 1.54) is 32.1 Å². The van der Waals surface area contributed by atoms with Gasteiger partial charge in [-0.2, -0.15) is 0 Å². The molecule has 124 valence electrons. The molecular weight excluding hydrogens is 302 g/mol. The van der Waals surface area contributed by atoms with Gasteiger partial charge in [0.05, 0.1) is 36.5 Å². The van der Waals surface area contributed by atoms with Crippen LogP contribution in [-0.2, 0) is 16.4 Å². The molecule has 2 unspecified atom stereocenters. The number of hydrogen-bond donors (Lipinski definition) is 1. The molecule has 2 fully saturated rings. The van der Waals surface area contributed by atoms with Gasteiger partial charge in [0.1, 0.15) is 5.76 Å². The summed E-state index contributed by atoms with van der Waals surface area (Å²) in [5, 5.41) is 10.2. The number of hydrogen-bond acceptors (Lipinski definition) is 5. The van der Waals surface area contributed by atoms with E-state index in [1.807, 2.05) is 12.1 Å². The van der Waals surface area contributed by atoms with Crippen molar-refractivity contribution in [3.8, 4) is 0 Å². The smallest absolute Gasteiger partial charge is 0.154 e. The topological polar surface area (TPSA) is 70.8 Å². The van der Waals surface area contributed by atoms with E-state index in [0.717, 1.165) is 12.3 Å². The van der Waals surface area contributed by atoms with Crippen LogP contribution in [0.1, 0.15) is 37.9 Å². The van der Waals surface area contributed by atoms with Crippen molar-refractivity contribution in [1.82, 2.24) is 4.90 Å². The van der Waals surface area contributed by atoms with Crippen molar-refractivity contribution in [1.29, 1.82) is 0 Å². The Kier molecular flexibility index (Phi) is 4.90. The highest BCUT2D eigenvalue weighted by atomic mass is 32.2. The van der Waals surface area contributed by atoms with Gasteiger partial charge in [0.25, 0.3) is 0 Å². The summed E-state index contributed by atoms with van der Waals surface area (Å²) in [6.45, 7) is 1.42. The van der Waals surface area contributed by atoms with E-state index in [1.54, 1.807) is 6.26 Å². The minimum atomic E-state index is -3.13. The lowest BCUT2D eigenvalue weighted by Crippen LogP contribution is -2.45. The molecule has 1 aliphatic heterocycles. The fourth-order valence-electron chi connectivity index (χ4n) is 3.78. The zero-order valence-electron chi connectivity index (χ0n) is 12.9. The van der Waals surface area contributed by atoms with Gasteiger partial charge in [-0.3, -0.25) is 4.90 Å². The standard InChI is InChI=1S/C16H25NO4S/c18-16-12-22(19,20)11-15(16)17(10-14-7-4-8-21-14)9-13-5-2-1-3-6-13/h4,7-8,13,15-16,18H,1-3,5-6,9-12H2. The summed E-state index contributed by atoms with van der Waals surface area (Å²) in [5.41, 5.74) is 0. The summed E-state index contributed by atoms with van der Waals surface area (Å²) < 4.78 is 29.1. The lowest BCUT2D eigenvalue weighted by Gasteiger charge is -2.34. The van der Waals surface area contributed by atoms with Crippen LogP contribution in [0.3, 0.4) is 0 Å². The predicted octanol–water partition coefficient (Wildman–Crippen LogP) is 1.82. The minimum Gasteiger partial charge on any atom is -0.468 e. The molecule has 0 spiro atoms. The highest BCUT2D eigenvalue weighted by Gasteiger charge is 2.40. The third-order valence-electron chi connectivity index (χ3n) is 4.92. The Hall–Kier alpha value is -0.850. The van der Waals surface area contributed by atoms with E-state index in [9.17, 15) is 13.5 Å². The molecule has 2 atom stereocenters. The molecule has 1 saturated carbocycles. The average Bonchev–Trinajstić information content (AvgIpc) is 3.06. The number of nitrogens with zero attached hydrogens (tertiary/aromatic N) is 1. The summed E-state index contributed by atoms with van der Waals surface area (Å²) in [5.74, 6) is 1.37. The third-order valence-corrected chi connectivity index (χ3v) is 6.62. The van der Waals surface area contributed by atoms with Crippen LogP contribution in [0.4, 0.5) is 0 Å². The van der Waals surface area contributed by atoms with Crippen LogP contribution in [0.2, 0.25) is 0 Å². The maximum absolute atomic E-state index is 11.8. The number of sulfone groups is 1. The number of rotatable bonds is 5. The fraction of sp³-hybridized carbons (Fsp3) is 0.750. The molecule has 2 heterocycles. The van der Waals surface area contributed by atoms with Gasteiger partial charge in [0.2, 0.25) is 0 Å². The number of aliphatic hydroxyl groups excluding tert-OH is 1. The second-order valence-corrected chi connectivity index (χ2v) is 8.88. The molecule has 1 saturated heterocycles. The van der Waals surface area contributed by atoms with Crippen molar-refractivity contribution in [2.75, 3.05) is 18.1 Å². The van der Waals surface area contributed by atoms with Gasteiger partial charge in [-0.25, -0.2) is 8.42 Å². The first-order valence-corrected chi connectivity index (χ1v) is 10.0. The monoisotopic (exact) mass is 327 g/mol. The van der Waals surface area contributed by atoms with Crippen molar-refractivity contribution in [3.05, 3.63) is 24.2 Å². The molecule has 0 amide bonds. The minimum absolute atomic E-state index is 0.0571. The van der Waals surface area contributed by atoms with Crippen molar-refractivity contribution >= 4 is 9.84 Å². The quantitative estimate of drug-likeness (QED) is 0.893. The Morgan fingerprint density at radius 1 is 1.23 bits per heavy atom. The van der Waals surface area contributed by atoms with Crippen molar-refractivity contribution in [2.45, 2.75) is 50.8 Å². The molecule has 1 aliphatic carbocycles. The van der Waals surface area contributed by atoms with E-state index in [2.05, 4.69) is 4.90 Å². The number of aliphatic hydroxyl groups is 1. The van der Waals surface area contributed by atoms with Crippen molar-refractivity contribution in [3.63, 3.8) is 0 Å². The van der Waals surface area contributed by atoms with Crippen LogP contribution < -0.4 is 0 Å². The summed E-state index contributed by atoms with van der Waals surface area (Å²) in [6.07, 6.45) is 7.05. The Labute approximate surface area is 132 Å². The number of furan rings is 1. The Bertz CT molecular complexity index is 563. The molecule has 5 nitrogen and oxygen atoms in total. The van der Waals surface area contributed by atoms with Crippen molar-refractivity contribution < 1.29 is 17.9 Å². The molecule has 6 heteroatoms. The Balaban J connectivity index is 1.73. The van der Waals surface area contributed by atoms with Gasteiger partial charge in [0, 0.05) is 6.54 Å². The van der Waals surface area contributed by atoms with Gasteiger partial charge >= 0.3 is 0 Å². The SMILES string of the molecule is O=S1(=O)CC(O)C(N(Cc2ccco2)CC2CCCCC2)C1. The summed E-state index contributed by atoms with van der Waals surface area (Å²) in [4.78, 5) is 2.13. The normalized spacial score (nSPS) is 29.2. The van der Waals surface area contributed by atoms with E-state index in [-0.39, 0.29) is 17.5 Å². The molecule has 22 heavy (non-hydrogen) atoms. The van der Waals surface area contributed by atoms with E-state index in [4.69, 9.17) is 4.42 Å². The maximum Gasteiger partial charge on any atom is 0.154 e. The molecule has 1 N–H and O–H groups in total. The highest BCUT2D eigenvalue weighted by Crippen LogP contribution is 2.28. The second-order valence-electron chi connectivity index (χ2n) is 6.72.